The second kappa shape index (κ2) is 12.8. The summed E-state index contributed by atoms with van der Waals surface area (Å²) in [7, 11) is 3.37. The SMILES string of the molecule is COC(=O)C1=Cc2cc(CCc3cc(CC(=O)c4ccc(CN5CCN(C)CC5)c(C(F)(F)F)c4)ccc3C)cnc2C1. The molecule has 0 saturated carbocycles. The molecule has 226 valence electrons. The molecule has 2 aromatic carbocycles. The van der Waals surface area contributed by atoms with E-state index >= 15 is 0 Å². The summed E-state index contributed by atoms with van der Waals surface area (Å²) in [6, 6.07) is 11.8. The molecule has 9 heteroatoms. The van der Waals surface area contributed by atoms with Crippen molar-refractivity contribution < 1.29 is 27.5 Å². The van der Waals surface area contributed by atoms with Crippen molar-refractivity contribution in [2.24, 2.45) is 0 Å². The number of halogens is 3. The number of ketones is 1. The van der Waals surface area contributed by atoms with Gasteiger partial charge >= 0.3 is 12.1 Å². The molecule has 0 radical (unpaired) electrons. The zero-order valence-electron chi connectivity index (χ0n) is 24.8. The van der Waals surface area contributed by atoms with Crippen LogP contribution in [-0.4, -0.2) is 66.9 Å². The minimum atomic E-state index is -4.54. The zero-order chi connectivity index (χ0) is 30.7. The maximum absolute atomic E-state index is 14.0. The maximum Gasteiger partial charge on any atom is 0.416 e. The van der Waals surface area contributed by atoms with Crippen molar-refractivity contribution in [3.63, 3.8) is 0 Å². The van der Waals surface area contributed by atoms with E-state index in [1.807, 2.05) is 55.4 Å². The standard InChI is InChI=1S/C34H36F3N3O3/c1-22-4-5-23(14-25(22)7-6-24-15-28-17-29(33(42)43-3)19-31(28)38-20-24)16-32(41)26-8-9-27(30(18-26)34(35,36)37)21-40-12-10-39(2)11-13-40/h4-5,8-9,14-15,17-18,20H,6-7,10-13,16,19,21H2,1-3H3. The molecule has 1 aliphatic heterocycles. The second-order valence-corrected chi connectivity index (χ2v) is 11.5. The Kier molecular flexibility index (Phi) is 9.13. The number of piperazine rings is 1. The van der Waals surface area contributed by atoms with Crippen LogP contribution in [0.25, 0.3) is 6.08 Å². The van der Waals surface area contributed by atoms with E-state index in [1.54, 1.807) is 0 Å². The molecular formula is C34H36F3N3O3. The van der Waals surface area contributed by atoms with E-state index in [9.17, 15) is 22.8 Å². The van der Waals surface area contributed by atoms with Crippen LogP contribution in [0.5, 0.6) is 0 Å². The zero-order valence-corrected chi connectivity index (χ0v) is 24.8. The number of Topliss-reactive ketones (excluding diaryl/α,β-unsaturated/α-hetero) is 1. The first-order chi connectivity index (χ1) is 20.5. The fourth-order valence-electron chi connectivity index (χ4n) is 5.72. The summed E-state index contributed by atoms with van der Waals surface area (Å²) in [5.41, 5.74) is 5.81. The lowest BCUT2D eigenvalue weighted by Gasteiger charge is -2.33. The lowest BCUT2D eigenvalue weighted by atomic mass is 9.94. The first-order valence-electron chi connectivity index (χ1n) is 14.5. The summed E-state index contributed by atoms with van der Waals surface area (Å²) in [4.78, 5) is 33.8. The number of aryl methyl sites for hydroxylation is 3. The van der Waals surface area contributed by atoms with Crippen molar-refractivity contribution in [2.45, 2.75) is 45.3 Å². The molecule has 43 heavy (non-hydrogen) atoms. The molecule has 0 atom stereocenters. The van der Waals surface area contributed by atoms with Crippen LogP contribution in [0.15, 0.2) is 54.2 Å². The van der Waals surface area contributed by atoms with Crippen LogP contribution in [0.3, 0.4) is 0 Å². The highest BCUT2D eigenvalue weighted by molar-refractivity contribution is 5.98. The van der Waals surface area contributed by atoms with Crippen molar-refractivity contribution in [1.29, 1.82) is 0 Å². The highest BCUT2D eigenvalue weighted by Crippen LogP contribution is 2.34. The number of alkyl halides is 3. The number of methoxy groups -OCH3 is 1. The van der Waals surface area contributed by atoms with E-state index in [2.05, 4.69) is 9.88 Å². The Hall–Kier alpha value is -3.82. The average Bonchev–Trinajstić information content (AvgIpc) is 3.41. The number of esters is 1. The third-order valence-electron chi connectivity index (χ3n) is 8.38. The Morgan fingerprint density at radius 3 is 2.44 bits per heavy atom. The van der Waals surface area contributed by atoms with Gasteiger partial charge in [0.15, 0.2) is 5.78 Å². The van der Waals surface area contributed by atoms with Gasteiger partial charge in [-0.3, -0.25) is 14.7 Å². The minimum Gasteiger partial charge on any atom is -0.466 e. The number of rotatable bonds is 9. The third-order valence-corrected chi connectivity index (χ3v) is 8.38. The van der Waals surface area contributed by atoms with Crippen molar-refractivity contribution in [1.82, 2.24) is 14.8 Å². The van der Waals surface area contributed by atoms with Gasteiger partial charge in [0.25, 0.3) is 0 Å². The molecule has 0 bridgehead atoms. The summed E-state index contributed by atoms with van der Waals surface area (Å²) in [5.74, 6) is -0.694. The molecule has 3 aromatic rings. The van der Waals surface area contributed by atoms with Crippen molar-refractivity contribution in [2.75, 3.05) is 40.3 Å². The summed E-state index contributed by atoms with van der Waals surface area (Å²) in [6.07, 6.45) is 0.993. The number of ether oxygens (including phenoxy) is 1. The van der Waals surface area contributed by atoms with Crippen molar-refractivity contribution in [3.05, 3.63) is 104 Å². The lowest BCUT2D eigenvalue weighted by molar-refractivity contribution is -0.138. The predicted octanol–water partition coefficient (Wildman–Crippen LogP) is 5.48. The molecule has 6 nitrogen and oxygen atoms in total. The smallest absolute Gasteiger partial charge is 0.416 e. The van der Waals surface area contributed by atoms with E-state index < -0.39 is 11.7 Å². The number of fused-ring (bicyclic) bond motifs is 1. The number of carbonyl (C=O) groups is 2. The lowest BCUT2D eigenvalue weighted by Crippen LogP contribution is -2.44. The van der Waals surface area contributed by atoms with E-state index in [4.69, 9.17) is 4.74 Å². The van der Waals surface area contributed by atoms with Gasteiger partial charge in [-0.1, -0.05) is 30.3 Å². The van der Waals surface area contributed by atoms with Gasteiger partial charge in [0.05, 0.1) is 18.4 Å². The molecule has 0 unspecified atom stereocenters. The highest BCUT2D eigenvalue weighted by Gasteiger charge is 2.34. The first kappa shape index (κ1) is 30.6. The van der Waals surface area contributed by atoms with Crippen LogP contribution in [0, 0.1) is 6.92 Å². The van der Waals surface area contributed by atoms with Gasteiger partial charge in [-0.05, 0) is 78.4 Å². The van der Waals surface area contributed by atoms with Gasteiger partial charge in [0, 0.05) is 62.9 Å². The van der Waals surface area contributed by atoms with E-state index in [1.165, 1.54) is 19.2 Å². The largest absolute Gasteiger partial charge is 0.466 e. The Balaban J connectivity index is 1.26. The molecule has 1 fully saturated rings. The van der Waals surface area contributed by atoms with E-state index in [0.29, 0.717) is 37.9 Å². The molecule has 2 heterocycles. The Morgan fingerprint density at radius 1 is 0.953 bits per heavy atom. The van der Waals surface area contributed by atoms with Crippen LogP contribution in [0.4, 0.5) is 13.2 Å². The third kappa shape index (κ3) is 7.40. The summed E-state index contributed by atoms with van der Waals surface area (Å²) in [6.45, 7) is 5.26. The number of pyridine rings is 1. The topological polar surface area (TPSA) is 62.7 Å². The molecule has 0 spiro atoms. The predicted molar refractivity (Wildman–Crippen MR) is 159 cm³/mol. The molecule has 5 rings (SSSR count). The number of benzene rings is 2. The van der Waals surface area contributed by atoms with Crippen molar-refractivity contribution >= 4 is 17.8 Å². The van der Waals surface area contributed by atoms with Gasteiger partial charge in [-0.15, -0.1) is 0 Å². The van der Waals surface area contributed by atoms with Crippen LogP contribution in [0.1, 0.15) is 55.0 Å². The highest BCUT2D eigenvalue weighted by atomic mass is 19.4. The van der Waals surface area contributed by atoms with Crippen LogP contribution < -0.4 is 0 Å². The molecule has 1 aliphatic carbocycles. The molecule has 1 aromatic heterocycles. The normalized spacial score (nSPS) is 15.7. The minimum absolute atomic E-state index is 0.0177. The quantitative estimate of drug-likeness (QED) is 0.243. The fraction of sp³-hybridized carbons (Fsp3) is 0.382. The number of carbonyl (C=O) groups excluding carboxylic acids is 2. The van der Waals surface area contributed by atoms with E-state index in [0.717, 1.165) is 52.7 Å². The van der Waals surface area contributed by atoms with Gasteiger partial charge in [0.1, 0.15) is 0 Å². The maximum atomic E-state index is 14.0. The molecular weight excluding hydrogens is 555 g/mol. The monoisotopic (exact) mass is 591 g/mol. The average molecular weight is 592 g/mol. The number of hydrogen-bond donors (Lipinski definition) is 0. The number of hydrogen-bond acceptors (Lipinski definition) is 6. The number of aromatic nitrogens is 1. The summed E-state index contributed by atoms with van der Waals surface area (Å²) in [5, 5.41) is 0. The van der Waals surface area contributed by atoms with E-state index in [-0.39, 0.29) is 35.8 Å². The van der Waals surface area contributed by atoms with Crippen molar-refractivity contribution in [3.8, 4) is 0 Å². The van der Waals surface area contributed by atoms with Gasteiger partial charge in [-0.2, -0.15) is 13.2 Å². The summed E-state index contributed by atoms with van der Waals surface area (Å²) < 4.78 is 46.9. The van der Waals surface area contributed by atoms with Crippen LogP contribution >= 0.6 is 0 Å². The Bertz CT molecular complexity index is 1560. The summed E-state index contributed by atoms with van der Waals surface area (Å²) >= 11 is 0. The van der Waals surface area contributed by atoms with Crippen LogP contribution in [0.2, 0.25) is 0 Å². The molecule has 0 amide bonds. The second-order valence-electron chi connectivity index (χ2n) is 11.5. The molecule has 1 saturated heterocycles. The Labute approximate surface area is 250 Å². The van der Waals surface area contributed by atoms with Crippen LogP contribution in [-0.2, 0) is 47.9 Å². The fourth-order valence-corrected chi connectivity index (χ4v) is 5.72. The Morgan fingerprint density at radius 2 is 1.72 bits per heavy atom. The number of nitrogens with zero attached hydrogens (tertiary/aromatic N) is 3. The first-order valence-corrected chi connectivity index (χ1v) is 14.5. The van der Waals surface area contributed by atoms with Gasteiger partial charge < -0.3 is 9.64 Å². The number of likely N-dealkylation sites (N-methyl/N-ethyl adjacent to an activating group) is 1. The molecule has 2 aliphatic rings. The molecule has 0 N–H and O–H groups in total. The van der Waals surface area contributed by atoms with Gasteiger partial charge in [-0.25, -0.2) is 4.79 Å². The van der Waals surface area contributed by atoms with Gasteiger partial charge in [0.2, 0.25) is 0 Å².